The van der Waals surface area contributed by atoms with Crippen LogP contribution < -0.4 is 20.1 Å². The summed E-state index contributed by atoms with van der Waals surface area (Å²) in [6, 6.07) is 20.2. The first-order chi connectivity index (χ1) is 14.6. The Bertz CT molecular complexity index is 1170. The fourth-order valence-corrected chi connectivity index (χ4v) is 3.00. The number of benzene rings is 3. The van der Waals surface area contributed by atoms with E-state index in [1.807, 2.05) is 6.07 Å². The lowest BCUT2D eigenvalue weighted by molar-refractivity contribution is 0.102. The van der Waals surface area contributed by atoms with Crippen LogP contribution in [-0.4, -0.2) is 25.0 Å². The molecule has 3 aromatic rings. The Labute approximate surface area is 172 Å². The van der Waals surface area contributed by atoms with E-state index < -0.39 is 0 Å². The van der Waals surface area contributed by atoms with Gasteiger partial charge in [0.25, 0.3) is 11.8 Å². The smallest absolute Gasteiger partial charge is 0.255 e. The number of hydrogen-bond donors (Lipinski definition) is 2. The Morgan fingerprint density at radius 3 is 2.10 bits per heavy atom. The van der Waals surface area contributed by atoms with Crippen LogP contribution in [0, 0.1) is 11.3 Å². The molecule has 0 radical (unpaired) electrons. The van der Waals surface area contributed by atoms with Crippen molar-refractivity contribution in [2.24, 2.45) is 0 Å². The van der Waals surface area contributed by atoms with Crippen molar-refractivity contribution >= 4 is 23.2 Å². The van der Waals surface area contributed by atoms with E-state index in [4.69, 9.17) is 14.7 Å². The van der Waals surface area contributed by atoms with E-state index >= 15 is 0 Å². The monoisotopic (exact) mass is 399 g/mol. The Morgan fingerprint density at radius 1 is 0.767 bits per heavy atom. The molecule has 148 valence electrons. The molecule has 7 nitrogen and oxygen atoms in total. The lowest BCUT2D eigenvalue weighted by atomic mass is 10.1. The molecule has 0 aromatic heterocycles. The van der Waals surface area contributed by atoms with E-state index in [9.17, 15) is 9.59 Å². The number of rotatable bonds is 4. The molecule has 4 rings (SSSR count). The Balaban J connectivity index is 1.47. The van der Waals surface area contributed by atoms with Gasteiger partial charge in [-0.15, -0.1) is 0 Å². The molecule has 30 heavy (non-hydrogen) atoms. The van der Waals surface area contributed by atoms with Gasteiger partial charge in [0, 0.05) is 28.6 Å². The van der Waals surface area contributed by atoms with Crippen LogP contribution in [0.15, 0.2) is 66.7 Å². The molecule has 0 spiro atoms. The van der Waals surface area contributed by atoms with Crippen molar-refractivity contribution in [1.29, 1.82) is 5.26 Å². The number of hydrogen-bond acceptors (Lipinski definition) is 5. The molecule has 0 bridgehead atoms. The molecule has 0 atom stereocenters. The van der Waals surface area contributed by atoms with Crippen molar-refractivity contribution in [3.05, 3.63) is 83.4 Å². The van der Waals surface area contributed by atoms with Crippen molar-refractivity contribution in [1.82, 2.24) is 0 Å². The first-order valence-corrected chi connectivity index (χ1v) is 9.25. The summed E-state index contributed by atoms with van der Waals surface area (Å²) in [6.45, 7) is 0.952. The van der Waals surface area contributed by atoms with Crippen molar-refractivity contribution < 1.29 is 19.1 Å². The van der Waals surface area contributed by atoms with Gasteiger partial charge in [0.2, 0.25) is 0 Å². The van der Waals surface area contributed by atoms with E-state index in [0.29, 0.717) is 52.8 Å². The van der Waals surface area contributed by atoms with Crippen LogP contribution in [0.25, 0.3) is 0 Å². The van der Waals surface area contributed by atoms with Crippen molar-refractivity contribution in [3.8, 4) is 17.6 Å². The minimum Gasteiger partial charge on any atom is -0.486 e. The number of nitrogens with one attached hydrogen (secondary N) is 2. The number of nitriles is 1. The maximum atomic E-state index is 12.6. The van der Waals surface area contributed by atoms with Crippen LogP contribution in [0.2, 0.25) is 0 Å². The van der Waals surface area contributed by atoms with Crippen LogP contribution in [0.1, 0.15) is 26.3 Å². The second-order valence-electron chi connectivity index (χ2n) is 6.54. The van der Waals surface area contributed by atoms with Gasteiger partial charge in [0.05, 0.1) is 11.6 Å². The zero-order valence-electron chi connectivity index (χ0n) is 15.8. The SMILES string of the molecule is N#Cc1cccc(NC(=O)c2cccc(C(=O)Nc3ccc4c(c3)OCCO4)c2)c1. The fourth-order valence-electron chi connectivity index (χ4n) is 3.00. The molecule has 2 N–H and O–H groups in total. The number of amides is 2. The summed E-state index contributed by atoms with van der Waals surface area (Å²) in [7, 11) is 0. The molecule has 0 aliphatic carbocycles. The largest absolute Gasteiger partial charge is 0.486 e. The van der Waals surface area contributed by atoms with Crippen molar-refractivity contribution in [3.63, 3.8) is 0 Å². The normalized spacial score (nSPS) is 11.8. The van der Waals surface area contributed by atoms with E-state index in [2.05, 4.69) is 10.6 Å². The molecular weight excluding hydrogens is 382 g/mol. The van der Waals surface area contributed by atoms with Gasteiger partial charge in [0.1, 0.15) is 13.2 Å². The molecular formula is C23H17N3O4. The van der Waals surface area contributed by atoms with E-state index in [-0.39, 0.29) is 11.8 Å². The second kappa shape index (κ2) is 8.37. The molecule has 1 aliphatic rings. The maximum absolute atomic E-state index is 12.6. The summed E-state index contributed by atoms with van der Waals surface area (Å²) in [5.74, 6) is 0.483. The van der Waals surface area contributed by atoms with Crippen LogP contribution in [0.4, 0.5) is 11.4 Å². The van der Waals surface area contributed by atoms with Crippen LogP contribution >= 0.6 is 0 Å². The highest BCUT2D eigenvalue weighted by Crippen LogP contribution is 2.32. The van der Waals surface area contributed by atoms with E-state index in [1.165, 1.54) is 6.07 Å². The number of fused-ring (bicyclic) bond motifs is 1. The molecule has 0 unspecified atom stereocenters. The van der Waals surface area contributed by atoms with Gasteiger partial charge >= 0.3 is 0 Å². The minimum absolute atomic E-state index is 0.326. The van der Waals surface area contributed by atoms with Gasteiger partial charge in [-0.2, -0.15) is 5.26 Å². The van der Waals surface area contributed by atoms with Gasteiger partial charge in [-0.3, -0.25) is 9.59 Å². The molecule has 1 heterocycles. The van der Waals surface area contributed by atoms with Gasteiger partial charge in [0.15, 0.2) is 11.5 Å². The fraction of sp³-hybridized carbons (Fsp3) is 0.0870. The Morgan fingerprint density at radius 2 is 1.40 bits per heavy atom. The minimum atomic E-state index is -0.376. The summed E-state index contributed by atoms with van der Waals surface area (Å²) in [5, 5.41) is 14.5. The average Bonchev–Trinajstić information content (AvgIpc) is 2.79. The molecule has 7 heteroatoms. The maximum Gasteiger partial charge on any atom is 0.255 e. The van der Waals surface area contributed by atoms with Gasteiger partial charge < -0.3 is 20.1 Å². The molecule has 3 aromatic carbocycles. The number of ether oxygens (including phenoxy) is 2. The van der Waals surface area contributed by atoms with Crippen LogP contribution in [0.3, 0.4) is 0 Å². The standard InChI is InChI=1S/C23H17N3O4/c24-14-15-3-1-6-18(11-15)25-22(27)16-4-2-5-17(12-16)23(28)26-19-7-8-20-21(13-19)30-10-9-29-20/h1-8,11-13H,9-10H2,(H,25,27)(H,26,28). The molecule has 0 saturated carbocycles. The third-order valence-electron chi connectivity index (χ3n) is 4.44. The number of nitrogens with zero attached hydrogens (tertiary/aromatic N) is 1. The average molecular weight is 399 g/mol. The van der Waals surface area contributed by atoms with Crippen molar-refractivity contribution in [2.75, 3.05) is 23.8 Å². The zero-order valence-corrected chi connectivity index (χ0v) is 15.8. The van der Waals surface area contributed by atoms with Gasteiger partial charge in [-0.05, 0) is 48.5 Å². The highest BCUT2D eigenvalue weighted by atomic mass is 16.6. The summed E-state index contributed by atoms with van der Waals surface area (Å²) < 4.78 is 11.0. The summed E-state index contributed by atoms with van der Waals surface area (Å²) in [6.07, 6.45) is 0. The number of carbonyl (C=O) groups is 2. The highest BCUT2D eigenvalue weighted by Gasteiger charge is 2.15. The first kappa shape index (κ1) is 19.0. The summed E-state index contributed by atoms with van der Waals surface area (Å²) >= 11 is 0. The second-order valence-corrected chi connectivity index (χ2v) is 6.54. The molecule has 2 amide bonds. The summed E-state index contributed by atoms with van der Waals surface area (Å²) in [5.41, 5.74) is 2.17. The molecule has 1 aliphatic heterocycles. The predicted octanol–water partition coefficient (Wildman–Crippen LogP) is 3.83. The number of anilines is 2. The first-order valence-electron chi connectivity index (χ1n) is 9.25. The van der Waals surface area contributed by atoms with Gasteiger partial charge in [-0.1, -0.05) is 12.1 Å². The van der Waals surface area contributed by atoms with E-state index in [1.54, 1.807) is 60.7 Å². The summed E-state index contributed by atoms with van der Waals surface area (Å²) in [4.78, 5) is 25.2. The quantitative estimate of drug-likeness (QED) is 0.694. The topological polar surface area (TPSA) is 100 Å². The lowest BCUT2D eigenvalue weighted by Crippen LogP contribution is -2.17. The number of carbonyl (C=O) groups excluding carboxylic acids is 2. The van der Waals surface area contributed by atoms with Crippen LogP contribution in [0.5, 0.6) is 11.5 Å². The lowest BCUT2D eigenvalue weighted by Gasteiger charge is -2.19. The molecule has 0 saturated heterocycles. The highest BCUT2D eigenvalue weighted by molar-refractivity contribution is 6.08. The van der Waals surface area contributed by atoms with Crippen molar-refractivity contribution in [2.45, 2.75) is 0 Å². The Kier molecular flexibility index (Phi) is 5.31. The van der Waals surface area contributed by atoms with Gasteiger partial charge in [-0.25, -0.2) is 0 Å². The van der Waals surface area contributed by atoms with Crippen LogP contribution in [-0.2, 0) is 0 Å². The zero-order chi connectivity index (χ0) is 20.9. The Hall–Kier alpha value is -4.31. The predicted molar refractivity (Wildman–Crippen MR) is 111 cm³/mol. The third-order valence-corrected chi connectivity index (χ3v) is 4.44. The van der Waals surface area contributed by atoms with E-state index in [0.717, 1.165) is 0 Å². The molecule has 0 fully saturated rings. The third kappa shape index (κ3) is 4.23.